The van der Waals surface area contributed by atoms with Gasteiger partial charge in [-0.05, 0) is 17.7 Å². The van der Waals surface area contributed by atoms with E-state index in [1.165, 1.54) is 17.7 Å². The fourth-order valence-electron chi connectivity index (χ4n) is 2.04. The van der Waals surface area contributed by atoms with Crippen molar-refractivity contribution in [3.63, 3.8) is 0 Å². The van der Waals surface area contributed by atoms with Gasteiger partial charge in [-0.1, -0.05) is 23.7 Å². The molecule has 0 aliphatic heterocycles. The van der Waals surface area contributed by atoms with E-state index in [1.807, 2.05) is 24.3 Å². The van der Waals surface area contributed by atoms with Crippen LogP contribution in [0.25, 0.3) is 0 Å². The second-order valence-electron chi connectivity index (χ2n) is 4.90. The van der Waals surface area contributed by atoms with E-state index in [0.717, 1.165) is 16.9 Å². The number of rotatable bonds is 6. The van der Waals surface area contributed by atoms with Gasteiger partial charge in [0.1, 0.15) is 12.7 Å². The molecule has 3 rings (SSSR count). The van der Waals surface area contributed by atoms with E-state index in [0.29, 0.717) is 23.1 Å². The minimum atomic E-state index is -0.0934. The van der Waals surface area contributed by atoms with Crippen molar-refractivity contribution < 1.29 is 4.79 Å². The van der Waals surface area contributed by atoms with E-state index in [4.69, 9.17) is 11.6 Å². The van der Waals surface area contributed by atoms with Crippen LogP contribution < -0.4 is 5.32 Å². The largest absolute Gasteiger partial charge is 0.302 e. The Balaban J connectivity index is 1.53. The predicted molar refractivity (Wildman–Crippen MR) is 89.6 cm³/mol. The zero-order valence-corrected chi connectivity index (χ0v) is 13.7. The quantitative estimate of drug-likeness (QED) is 0.744. The number of anilines is 1. The minimum Gasteiger partial charge on any atom is -0.302 e. The van der Waals surface area contributed by atoms with Gasteiger partial charge in [0.15, 0.2) is 5.13 Å². The van der Waals surface area contributed by atoms with E-state index in [-0.39, 0.29) is 5.91 Å². The number of nitrogens with zero attached hydrogens (tertiary/aromatic N) is 4. The molecule has 3 aromatic rings. The summed E-state index contributed by atoms with van der Waals surface area (Å²) in [4.78, 5) is 21.0. The van der Waals surface area contributed by atoms with E-state index in [9.17, 15) is 4.79 Å². The SMILES string of the molecule is O=C(CCn1cncn1)Nc1ncc(Cc2cccc(Cl)c2)s1. The summed E-state index contributed by atoms with van der Waals surface area (Å²) >= 11 is 7.45. The highest BCUT2D eigenvalue weighted by Crippen LogP contribution is 2.22. The number of thiazole rings is 1. The van der Waals surface area contributed by atoms with Crippen molar-refractivity contribution >= 4 is 34.0 Å². The summed E-state index contributed by atoms with van der Waals surface area (Å²) in [7, 11) is 0. The third-order valence-electron chi connectivity index (χ3n) is 3.10. The molecule has 0 aliphatic rings. The van der Waals surface area contributed by atoms with Gasteiger partial charge in [0.25, 0.3) is 0 Å². The second kappa shape index (κ2) is 7.34. The van der Waals surface area contributed by atoms with Crippen molar-refractivity contribution in [2.45, 2.75) is 19.4 Å². The number of aromatic nitrogens is 4. The Morgan fingerprint density at radius 2 is 2.30 bits per heavy atom. The smallest absolute Gasteiger partial charge is 0.228 e. The van der Waals surface area contributed by atoms with Crippen LogP contribution >= 0.6 is 22.9 Å². The summed E-state index contributed by atoms with van der Waals surface area (Å²) in [5, 5.41) is 8.08. The molecule has 0 bridgehead atoms. The summed E-state index contributed by atoms with van der Waals surface area (Å²) in [6.45, 7) is 0.493. The maximum atomic E-state index is 11.9. The normalized spacial score (nSPS) is 10.7. The molecule has 2 heterocycles. The Hall–Kier alpha value is -2.25. The van der Waals surface area contributed by atoms with Gasteiger partial charge in [-0.25, -0.2) is 9.97 Å². The van der Waals surface area contributed by atoms with Gasteiger partial charge in [-0.15, -0.1) is 11.3 Å². The van der Waals surface area contributed by atoms with Gasteiger partial charge in [0, 0.05) is 28.9 Å². The lowest BCUT2D eigenvalue weighted by Crippen LogP contribution is -2.14. The Labute approximate surface area is 142 Å². The zero-order chi connectivity index (χ0) is 16.1. The van der Waals surface area contributed by atoms with E-state index in [1.54, 1.807) is 17.2 Å². The van der Waals surface area contributed by atoms with Crippen LogP contribution in [0.2, 0.25) is 5.02 Å². The molecule has 1 N–H and O–H groups in total. The number of hydrogen-bond acceptors (Lipinski definition) is 5. The first-order valence-electron chi connectivity index (χ1n) is 7.00. The Morgan fingerprint density at radius 1 is 1.39 bits per heavy atom. The lowest BCUT2D eigenvalue weighted by atomic mass is 10.1. The fraction of sp³-hybridized carbons (Fsp3) is 0.200. The Kier molecular flexibility index (Phi) is 4.99. The molecule has 0 saturated heterocycles. The number of carbonyl (C=O) groups excluding carboxylic acids is 1. The number of nitrogens with one attached hydrogen (secondary N) is 1. The number of carbonyl (C=O) groups is 1. The van der Waals surface area contributed by atoms with Crippen LogP contribution in [0.5, 0.6) is 0 Å². The summed E-state index contributed by atoms with van der Waals surface area (Å²) in [6, 6.07) is 7.71. The van der Waals surface area contributed by atoms with E-state index < -0.39 is 0 Å². The van der Waals surface area contributed by atoms with Gasteiger partial charge < -0.3 is 5.32 Å². The van der Waals surface area contributed by atoms with Crippen LogP contribution in [0.1, 0.15) is 16.9 Å². The molecule has 2 aromatic heterocycles. The highest BCUT2D eigenvalue weighted by atomic mass is 35.5. The van der Waals surface area contributed by atoms with Crippen LogP contribution in [0.4, 0.5) is 5.13 Å². The van der Waals surface area contributed by atoms with Gasteiger partial charge in [-0.2, -0.15) is 5.10 Å². The second-order valence-corrected chi connectivity index (χ2v) is 6.45. The summed E-state index contributed by atoms with van der Waals surface area (Å²) in [5.41, 5.74) is 1.12. The molecule has 0 unspecified atom stereocenters. The molecule has 0 atom stereocenters. The molecule has 0 saturated carbocycles. The maximum Gasteiger partial charge on any atom is 0.228 e. The summed E-state index contributed by atoms with van der Waals surface area (Å²) in [5.74, 6) is -0.0934. The van der Waals surface area contributed by atoms with Crippen LogP contribution in [0.15, 0.2) is 43.1 Å². The van der Waals surface area contributed by atoms with Crippen LogP contribution in [-0.4, -0.2) is 25.7 Å². The van der Waals surface area contributed by atoms with Crippen molar-refractivity contribution in [1.29, 1.82) is 0 Å². The van der Waals surface area contributed by atoms with Crippen LogP contribution in [-0.2, 0) is 17.8 Å². The van der Waals surface area contributed by atoms with Gasteiger partial charge in [0.05, 0.1) is 6.54 Å². The maximum absolute atomic E-state index is 11.9. The monoisotopic (exact) mass is 347 g/mol. The fourth-order valence-corrected chi connectivity index (χ4v) is 3.12. The third-order valence-corrected chi connectivity index (χ3v) is 4.25. The number of amides is 1. The molecular formula is C15H14ClN5OS. The van der Waals surface area contributed by atoms with Crippen molar-refractivity contribution in [1.82, 2.24) is 19.7 Å². The van der Waals surface area contributed by atoms with Crippen molar-refractivity contribution in [2.75, 3.05) is 5.32 Å². The predicted octanol–water partition coefficient (Wildman–Crippen LogP) is 3.01. The average molecular weight is 348 g/mol. The van der Waals surface area contributed by atoms with Crippen LogP contribution in [0, 0.1) is 0 Å². The van der Waals surface area contributed by atoms with E-state index >= 15 is 0 Å². The highest BCUT2D eigenvalue weighted by molar-refractivity contribution is 7.15. The van der Waals surface area contributed by atoms with Crippen LogP contribution in [0.3, 0.4) is 0 Å². The number of hydrogen-bond donors (Lipinski definition) is 1. The van der Waals surface area contributed by atoms with Gasteiger partial charge >= 0.3 is 0 Å². The molecule has 0 spiro atoms. The third kappa shape index (κ3) is 4.61. The molecule has 0 aliphatic carbocycles. The molecule has 118 valence electrons. The van der Waals surface area contributed by atoms with Crippen molar-refractivity contribution in [3.8, 4) is 0 Å². The summed E-state index contributed by atoms with van der Waals surface area (Å²) in [6.07, 6.45) is 5.87. The molecule has 6 nitrogen and oxygen atoms in total. The lowest BCUT2D eigenvalue weighted by Gasteiger charge is -2.01. The number of halogens is 1. The molecule has 0 radical (unpaired) electrons. The highest BCUT2D eigenvalue weighted by Gasteiger charge is 2.08. The van der Waals surface area contributed by atoms with E-state index in [2.05, 4.69) is 20.4 Å². The summed E-state index contributed by atoms with van der Waals surface area (Å²) < 4.78 is 1.62. The average Bonchev–Trinajstić information content (AvgIpc) is 3.17. The molecule has 0 fully saturated rings. The van der Waals surface area contributed by atoms with Crippen molar-refractivity contribution in [2.24, 2.45) is 0 Å². The standard InChI is InChI=1S/C15H14ClN5OS/c16-12-3-1-2-11(6-12)7-13-8-18-15(23-13)20-14(22)4-5-21-10-17-9-19-21/h1-3,6,8-10H,4-5,7H2,(H,18,20,22). The van der Waals surface area contributed by atoms with Gasteiger partial charge in [-0.3, -0.25) is 9.48 Å². The molecule has 1 aromatic carbocycles. The minimum absolute atomic E-state index is 0.0934. The first-order valence-corrected chi connectivity index (χ1v) is 8.20. The zero-order valence-electron chi connectivity index (χ0n) is 12.1. The molecule has 8 heteroatoms. The topological polar surface area (TPSA) is 72.7 Å². The number of aryl methyl sites for hydroxylation is 1. The Morgan fingerprint density at radius 3 is 3.09 bits per heavy atom. The molecular weight excluding hydrogens is 334 g/mol. The first-order chi connectivity index (χ1) is 11.2. The van der Waals surface area contributed by atoms with Gasteiger partial charge in [0.2, 0.25) is 5.91 Å². The number of benzene rings is 1. The van der Waals surface area contributed by atoms with Crippen molar-refractivity contribution in [3.05, 3.63) is 58.6 Å². The lowest BCUT2D eigenvalue weighted by molar-refractivity contribution is -0.116. The molecule has 23 heavy (non-hydrogen) atoms. The molecule has 1 amide bonds. The Bertz CT molecular complexity index is 787. The first kappa shape index (κ1) is 15.6.